The van der Waals surface area contributed by atoms with Crippen molar-refractivity contribution in [3.8, 4) is 0 Å². The molecule has 0 spiro atoms. The number of ketones is 1. The first-order valence-corrected chi connectivity index (χ1v) is 6.94. The van der Waals surface area contributed by atoms with Crippen LogP contribution in [0.1, 0.15) is 22.3 Å². The minimum Gasteiger partial charge on any atom is -0.294 e. The molecule has 2 aromatic carbocycles. The van der Waals surface area contributed by atoms with Crippen LogP contribution < -0.4 is 5.46 Å². The van der Waals surface area contributed by atoms with Crippen molar-refractivity contribution in [2.45, 2.75) is 26.5 Å². The SMILES string of the molecule is CB(C)c1ccc(C(=O)CCc2ccccc2)cc1F. The number of Topliss-reactive ketones (excluding diaryl/α,β-unsaturated/α-hetero) is 1. The van der Waals surface area contributed by atoms with Crippen molar-refractivity contribution in [3.63, 3.8) is 0 Å². The van der Waals surface area contributed by atoms with Crippen molar-refractivity contribution in [1.29, 1.82) is 0 Å². The van der Waals surface area contributed by atoms with Gasteiger partial charge < -0.3 is 0 Å². The Balaban J connectivity index is 2.04. The summed E-state index contributed by atoms with van der Waals surface area (Å²) in [5, 5.41) is 0. The molecule has 2 rings (SSSR count). The Morgan fingerprint density at radius 1 is 1.10 bits per heavy atom. The lowest BCUT2D eigenvalue weighted by Crippen LogP contribution is -2.26. The van der Waals surface area contributed by atoms with E-state index in [1.807, 2.05) is 44.0 Å². The molecule has 0 aromatic heterocycles. The summed E-state index contributed by atoms with van der Waals surface area (Å²) in [6.07, 6.45) is 1.09. The van der Waals surface area contributed by atoms with Gasteiger partial charge in [0, 0.05) is 12.0 Å². The van der Waals surface area contributed by atoms with Gasteiger partial charge >= 0.3 is 0 Å². The van der Waals surface area contributed by atoms with Crippen LogP contribution in [-0.4, -0.2) is 12.5 Å². The molecule has 0 aliphatic carbocycles. The summed E-state index contributed by atoms with van der Waals surface area (Å²) < 4.78 is 13.9. The molecule has 20 heavy (non-hydrogen) atoms. The van der Waals surface area contributed by atoms with Gasteiger partial charge in [-0.3, -0.25) is 4.79 Å². The molecular formula is C17H18BFO. The van der Waals surface area contributed by atoms with Crippen LogP contribution in [0.3, 0.4) is 0 Å². The second-order valence-electron chi connectivity index (χ2n) is 5.30. The summed E-state index contributed by atoms with van der Waals surface area (Å²) in [7, 11) is 0. The Bertz CT molecular complexity index is 593. The van der Waals surface area contributed by atoms with Crippen molar-refractivity contribution in [2.75, 3.05) is 0 Å². The largest absolute Gasteiger partial charge is 0.294 e. The Kier molecular flexibility index (Phi) is 4.72. The van der Waals surface area contributed by atoms with Crippen LogP contribution in [-0.2, 0) is 6.42 Å². The molecule has 2 aromatic rings. The van der Waals surface area contributed by atoms with Crippen molar-refractivity contribution in [1.82, 2.24) is 0 Å². The van der Waals surface area contributed by atoms with Gasteiger partial charge in [0.1, 0.15) is 5.82 Å². The number of hydrogen-bond acceptors (Lipinski definition) is 1. The van der Waals surface area contributed by atoms with E-state index in [4.69, 9.17) is 0 Å². The highest BCUT2D eigenvalue weighted by atomic mass is 19.1. The molecule has 0 aliphatic rings. The average Bonchev–Trinajstić information content (AvgIpc) is 2.45. The highest BCUT2D eigenvalue weighted by Crippen LogP contribution is 2.10. The fraction of sp³-hybridized carbons (Fsp3) is 0.235. The number of carbonyl (C=O) groups is 1. The smallest absolute Gasteiger partial charge is 0.173 e. The van der Waals surface area contributed by atoms with E-state index >= 15 is 0 Å². The molecule has 3 heteroatoms. The number of rotatable bonds is 5. The predicted molar refractivity (Wildman–Crippen MR) is 82.6 cm³/mol. The molecule has 0 fully saturated rings. The monoisotopic (exact) mass is 268 g/mol. The molecule has 0 bridgehead atoms. The normalized spacial score (nSPS) is 10.3. The third-order valence-corrected chi connectivity index (χ3v) is 3.43. The zero-order chi connectivity index (χ0) is 14.5. The molecule has 0 unspecified atom stereocenters. The summed E-state index contributed by atoms with van der Waals surface area (Å²) in [6.45, 7) is 4.01. The lowest BCUT2D eigenvalue weighted by Gasteiger charge is -2.07. The maximum atomic E-state index is 13.9. The molecule has 0 atom stereocenters. The van der Waals surface area contributed by atoms with Gasteiger partial charge in [0.2, 0.25) is 0 Å². The minimum atomic E-state index is -0.287. The van der Waals surface area contributed by atoms with Gasteiger partial charge in [0.25, 0.3) is 0 Å². The van der Waals surface area contributed by atoms with Crippen LogP contribution in [0.15, 0.2) is 48.5 Å². The lowest BCUT2D eigenvalue weighted by molar-refractivity contribution is 0.0982. The Hall–Kier alpha value is -1.90. The predicted octanol–water partition coefficient (Wildman–Crippen LogP) is 3.60. The lowest BCUT2D eigenvalue weighted by atomic mass is 9.49. The molecule has 0 saturated heterocycles. The van der Waals surface area contributed by atoms with Gasteiger partial charge in [0.15, 0.2) is 12.5 Å². The van der Waals surface area contributed by atoms with E-state index in [1.54, 1.807) is 12.1 Å². The van der Waals surface area contributed by atoms with Crippen molar-refractivity contribution in [3.05, 3.63) is 65.5 Å². The zero-order valence-electron chi connectivity index (χ0n) is 11.9. The van der Waals surface area contributed by atoms with Gasteiger partial charge in [-0.1, -0.05) is 56.1 Å². The van der Waals surface area contributed by atoms with Gasteiger partial charge in [-0.25, -0.2) is 4.39 Å². The number of aryl methyl sites for hydroxylation is 1. The Morgan fingerprint density at radius 2 is 1.80 bits per heavy atom. The fourth-order valence-corrected chi connectivity index (χ4v) is 2.22. The van der Waals surface area contributed by atoms with E-state index in [9.17, 15) is 9.18 Å². The van der Waals surface area contributed by atoms with Crippen molar-refractivity contribution in [2.24, 2.45) is 0 Å². The summed E-state index contributed by atoms with van der Waals surface area (Å²) in [5.41, 5.74) is 2.24. The van der Waals surface area contributed by atoms with Crippen molar-refractivity contribution < 1.29 is 9.18 Å². The second-order valence-corrected chi connectivity index (χ2v) is 5.30. The molecule has 102 valence electrons. The quantitative estimate of drug-likeness (QED) is 0.598. The zero-order valence-corrected chi connectivity index (χ0v) is 11.9. The topological polar surface area (TPSA) is 17.1 Å². The molecule has 0 amide bonds. The third-order valence-electron chi connectivity index (χ3n) is 3.43. The summed E-state index contributed by atoms with van der Waals surface area (Å²) in [5.74, 6) is -0.298. The van der Waals surface area contributed by atoms with E-state index in [-0.39, 0.29) is 18.3 Å². The maximum absolute atomic E-state index is 13.9. The standard InChI is InChI=1S/C17H18BFO/c1-18(2)15-10-9-14(12-16(15)19)17(20)11-8-13-6-4-3-5-7-13/h3-7,9-10,12H,8,11H2,1-2H3. The second kappa shape index (κ2) is 6.51. The number of benzene rings is 2. The van der Waals surface area contributed by atoms with E-state index in [2.05, 4.69) is 0 Å². The van der Waals surface area contributed by atoms with Crippen LogP contribution in [0.25, 0.3) is 0 Å². The van der Waals surface area contributed by atoms with Gasteiger partial charge in [-0.2, -0.15) is 0 Å². The fourth-order valence-electron chi connectivity index (χ4n) is 2.22. The van der Waals surface area contributed by atoms with Gasteiger partial charge in [0.05, 0.1) is 0 Å². The highest BCUT2D eigenvalue weighted by molar-refractivity contribution is 6.70. The number of hydrogen-bond donors (Lipinski definition) is 0. The first kappa shape index (κ1) is 14.5. The molecule has 0 heterocycles. The molecule has 0 N–H and O–H groups in total. The van der Waals surface area contributed by atoms with Crippen LogP contribution in [0.4, 0.5) is 4.39 Å². The van der Waals surface area contributed by atoms with Crippen LogP contribution >= 0.6 is 0 Å². The maximum Gasteiger partial charge on any atom is 0.173 e. The summed E-state index contributed by atoms with van der Waals surface area (Å²) in [4.78, 5) is 12.1. The van der Waals surface area contributed by atoms with E-state index in [1.165, 1.54) is 6.07 Å². The van der Waals surface area contributed by atoms with Gasteiger partial charge in [-0.15, -0.1) is 0 Å². The molecular weight excluding hydrogens is 250 g/mol. The third kappa shape index (κ3) is 3.56. The van der Waals surface area contributed by atoms with Crippen LogP contribution in [0.5, 0.6) is 0 Å². The van der Waals surface area contributed by atoms with Crippen LogP contribution in [0.2, 0.25) is 13.6 Å². The van der Waals surface area contributed by atoms with Gasteiger partial charge in [-0.05, 0) is 23.5 Å². The summed E-state index contributed by atoms with van der Waals surface area (Å²) in [6, 6.07) is 14.7. The highest BCUT2D eigenvalue weighted by Gasteiger charge is 2.13. The first-order valence-electron chi connectivity index (χ1n) is 6.94. The van der Waals surface area contributed by atoms with E-state index in [0.717, 1.165) is 5.56 Å². The first-order chi connectivity index (χ1) is 9.58. The average molecular weight is 268 g/mol. The summed E-state index contributed by atoms with van der Waals surface area (Å²) >= 11 is 0. The van der Waals surface area contributed by atoms with E-state index < -0.39 is 0 Å². The molecule has 0 radical (unpaired) electrons. The Labute approximate surface area is 119 Å². The minimum absolute atomic E-state index is 0.0111. The van der Waals surface area contributed by atoms with E-state index in [0.29, 0.717) is 23.9 Å². The molecule has 0 saturated carbocycles. The van der Waals surface area contributed by atoms with Crippen LogP contribution in [0, 0.1) is 5.82 Å². The van der Waals surface area contributed by atoms with Crippen molar-refractivity contribution >= 4 is 18.0 Å². The molecule has 1 nitrogen and oxygen atoms in total. The number of carbonyl (C=O) groups excluding carboxylic acids is 1. The number of halogens is 1. The Morgan fingerprint density at radius 3 is 2.40 bits per heavy atom. The molecule has 0 aliphatic heterocycles.